The Labute approximate surface area is 215 Å². The van der Waals surface area contributed by atoms with E-state index < -0.39 is 28.9 Å². The zero-order valence-corrected chi connectivity index (χ0v) is 20.3. The number of pyridine rings is 3. The number of nitrogens with zero attached hydrogens (tertiary/aromatic N) is 3. The van der Waals surface area contributed by atoms with Gasteiger partial charge in [0.25, 0.3) is 11.8 Å². The number of aliphatic hydroxyl groups excluding tert-OH is 1. The Morgan fingerprint density at radius 3 is 2.42 bits per heavy atom. The van der Waals surface area contributed by atoms with Crippen molar-refractivity contribution in [2.75, 3.05) is 26.1 Å². The van der Waals surface area contributed by atoms with Crippen molar-refractivity contribution in [2.24, 2.45) is 0 Å². The number of rotatable bonds is 9. The lowest BCUT2D eigenvalue weighted by Crippen LogP contribution is -2.23. The van der Waals surface area contributed by atoms with E-state index in [1.54, 1.807) is 6.07 Å². The number of carbonyl (C=O) groups excluding carboxylic acids is 1. The molecule has 0 aliphatic heterocycles. The summed E-state index contributed by atoms with van der Waals surface area (Å²) in [6, 6.07) is 6.28. The minimum absolute atomic E-state index is 0.00558. The third-order valence-electron chi connectivity index (χ3n) is 5.95. The van der Waals surface area contributed by atoms with E-state index in [0.717, 1.165) is 12.1 Å². The minimum atomic E-state index is -1.06. The lowest BCUT2D eigenvalue weighted by atomic mass is 10.2. The molecule has 0 unspecified atom stereocenters. The van der Waals surface area contributed by atoms with Crippen LogP contribution in [0.1, 0.15) is 23.2 Å². The fraction of sp³-hybridized carbons (Fsp3) is 0.231. The van der Waals surface area contributed by atoms with Gasteiger partial charge in [0.2, 0.25) is 0 Å². The highest BCUT2D eigenvalue weighted by Crippen LogP contribution is 2.43. The lowest BCUT2D eigenvalue weighted by Gasteiger charge is -2.18. The van der Waals surface area contributed by atoms with Crippen LogP contribution in [0.2, 0.25) is 0 Å². The van der Waals surface area contributed by atoms with Gasteiger partial charge in [-0.15, -0.1) is 0 Å². The number of aliphatic hydroxyl groups is 1. The van der Waals surface area contributed by atoms with Gasteiger partial charge in [-0.1, -0.05) is 0 Å². The van der Waals surface area contributed by atoms with Crippen LogP contribution in [0.25, 0.3) is 11.0 Å². The summed E-state index contributed by atoms with van der Waals surface area (Å²) >= 11 is 0. The number of fused-ring (bicyclic) bond motifs is 1. The molecule has 3 heterocycles. The molecule has 4 aromatic rings. The number of nitrogens with one attached hydrogen (secondary N) is 1. The number of anilines is 1. The smallest absolute Gasteiger partial charge is 0.261 e. The Hall–Kier alpha value is -4.58. The molecule has 0 spiro atoms. The molecule has 38 heavy (non-hydrogen) atoms. The maximum atomic E-state index is 15.0. The minimum Gasteiger partial charge on any atom is -0.496 e. The van der Waals surface area contributed by atoms with Crippen molar-refractivity contribution in [3.8, 4) is 28.9 Å². The predicted octanol–water partition coefficient (Wildman–Crippen LogP) is 4.27. The molecule has 1 aliphatic carbocycles. The monoisotopic (exact) mass is 524 g/mol. The van der Waals surface area contributed by atoms with Crippen LogP contribution in [0.3, 0.4) is 0 Å². The van der Waals surface area contributed by atoms with Crippen LogP contribution in [-0.2, 0) is 0 Å². The topological polar surface area (TPSA) is 125 Å². The van der Waals surface area contributed by atoms with Crippen LogP contribution < -0.4 is 24.3 Å². The van der Waals surface area contributed by atoms with Crippen molar-refractivity contribution in [2.45, 2.75) is 18.4 Å². The normalized spacial score (nSPS) is 13.6. The number of halogens is 2. The SMILES string of the molecule is COc1ccncc1C(=O)Nc1cc(F)c(Oc2ccnc3cc(OC)c(OC4(CO)CC4)nc23)c(F)c1. The standard InChI is InChI=1S/C26H22F2N4O6/c1-35-19-3-7-29-12-15(19)24(34)31-14-9-16(27)23(17(28)10-14)37-20-4-8-30-18-11-21(36-2)25(32-22(18)20)38-26(13-33)5-6-26/h3-4,7-12,33H,5-6,13H2,1-2H3,(H,31,34). The number of aromatic nitrogens is 3. The number of benzene rings is 1. The van der Waals surface area contributed by atoms with E-state index in [1.807, 2.05) is 0 Å². The van der Waals surface area contributed by atoms with Crippen molar-refractivity contribution in [1.29, 1.82) is 0 Å². The molecule has 196 valence electrons. The first-order valence-electron chi connectivity index (χ1n) is 11.5. The maximum Gasteiger partial charge on any atom is 0.261 e. The Balaban J connectivity index is 1.44. The third kappa shape index (κ3) is 4.85. The van der Waals surface area contributed by atoms with Crippen molar-refractivity contribution >= 4 is 22.6 Å². The first kappa shape index (κ1) is 25.1. The quantitative estimate of drug-likeness (QED) is 0.330. The van der Waals surface area contributed by atoms with Crippen LogP contribution in [0.15, 0.2) is 48.9 Å². The van der Waals surface area contributed by atoms with Crippen LogP contribution in [0, 0.1) is 11.6 Å². The van der Waals surface area contributed by atoms with Crippen molar-refractivity contribution in [1.82, 2.24) is 15.0 Å². The van der Waals surface area contributed by atoms with Gasteiger partial charge in [-0.05, 0) is 18.9 Å². The van der Waals surface area contributed by atoms with Crippen molar-refractivity contribution < 1.29 is 37.6 Å². The summed E-state index contributed by atoms with van der Waals surface area (Å²) in [5, 5.41) is 12.0. The van der Waals surface area contributed by atoms with Gasteiger partial charge >= 0.3 is 0 Å². The first-order chi connectivity index (χ1) is 18.4. The molecule has 1 saturated carbocycles. The zero-order chi connectivity index (χ0) is 26.9. The van der Waals surface area contributed by atoms with Gasteiger partial charge in [0.05, 0.1) is 31.9 Å². The van der Waals surface area contributed by atoms with Gasteiger partial charge in [0, 0.05) is 48.5 Å². The molecular weight excluding hydrogens is 502 g/mol. The number of hydrogen-bond acceptors (Lipinski definition) is 9. The van der Waals surface area contributed by atoms with Gasteiger partial charge in [-0.25, -0.2) is 13.8 Å². The Bertz CT molecular complexity index is 1510. The summed E-state index contributed by atoms with van der Waals surface area (Å²) in [4.78, 5) is 25.1. The van der Waals surface area contributed by atoms with Crippen molar-refractivity contribution in [3.63, 3.8) is 0 Å². The van der Waals surface area contributed by atoms with E-state index >= 15 is 8.78 Å². The maximum absolute atomic E-state index is 15.0. The third-order valence-corrected chi connectivity index (χ3v) is 5.95. The van der Waals surface area contributed by atoms with E-state index in [9.17, 15) is 9.90 Å². The summed E-state index contributed by atoms with van der Waals surface area (Å²) in [6.45, 7) is -0.195. The molecule has 0 saturated heterocycles. The molecule has 5 rings (SSSR count). The second kappa shape index (κ2) is 10.1. The molecule has 0 bridgehead atoms. The molecule has 10 nitrogen and oxygen atoms in total. The largest absolute Gasteiger partial charge is 0.496 e. The predicted molar refractivity (Wildman–Crippen MR) is 131 cm³/mol. The molecule has 1 amide bonds. The van der Waals surface area contributed by atoms with E-state index in [4.69, 9.17) is 18.9 Å². The van der Waals surface area contributed by atoms with Crippen LogP contribution in [-0.4, -0.2) is 52.4 Å². The summed E-state index contributed by atoms with van der Waals surface area (Å²) in [5.41, 5.74) is -0.295. The zero-order valence-electron chi connectivity index (χ0n) is 20.3. The van der Waals surface area contributed by atoms with Gasteiger partial charge in [0.15, 0.2) is 28.9 Å². The summed E-state index contributed by atoms with van der Waals surface area (Å²) in [5.74, 6) is -2.86. The van der Waals surface area contributed by atoms with Crippen LogP contribution in [0.4, 0.5) is 14.5 Å². The Morgan fingerprint density at radius 1 is 1.05 bits per heavy atom. The van der Waals surface area contributed by atoms with E-state index in [2.05, 4.69) is 20.3 Å². The van der Waals surface area contributed by atoms with Gasteiger partial charge in [-0.2, -0.15) is 0 Å². The molecule has 2 N–H and O–H groups in total. The Morgan fingerprint density at radius 2 is 1.76 bits per heavy atom. The van der Waals surface area contributed by atoms with E-state index in [1.165, 1.54) is 44.9 Å². The number of amides is 1. The average Bonchev–Trinajstić information content (AvgIpc) is 3.70. The van der Waals surface area contributed by atoms with Crippen molar-refractivity contribution in [3.05, 3.63) is 66.1 Å². The van der Waals surface area contributed by atoms with E-state index in [-0.39, 0.29) is 46.5 Å². The molecule has 0 atom stereocenters. The summed E-state index contributed by atoms with van der Waals surface area (Å²) in [6.07, 6.45) is 5.41. The van der Waals surface area contributed by atoms with E-state index in [0.29, 0.717) is 18.4 Å². The van der Waals surface area contributed by atoms with Gasteiger partial charge < -0.3 is 29.4 Å². The van der Waals surface area contributed by atoms with Crippen LogP contribution >= 0.6 is 0 Å². The molecule has 0 radical (unpaired) electrons. The lowest BCUT2D eigenvalue weighted by molar-refractivity contribution is 0.0881. The highest BCUT2D eigenvalue weighted by atomic mass is 19.1. The van der Waals surface area contributed by atoms with Gasteiger partial charge in [0.1, 0.15) is 16.9 Å². The average molecular weight is 524 g/mol. The highest BCUT2D eigenvalue weighted by Gasteiger charge is 2.46. The molecule has 12 heteroatoms. The molecule has 1 fully saturated rings. The highest BCUT2D eigenvalue weighted by molar-refractivity contribution is 6.06. The summed E-state index contributed by atoms with van der Waals surface area (Å²) < 4.78 is 52.0. The van der Waals surface area contributed by atoms with Gasteiger partial charge in [-0.3, -0.25) is 14.8 Å². The molecule has 1 aliphatic rings. The Kier molecular flexibility index (Phi) is 6.64. The fourth-order valence-electron chi connectivity index (χ4n) is 3.72. The molecule has 3 aromatic heterocycles. The molecular formula is C26H22F2N4O6. The van der Waals surface area contributed by atoms with Crippen LogP contribution in [0.5, 0.6) is 28.9 Å². The number of ether oxygens (including phenoxy) is 4. The first-order valence-corrected chi connectivity index (χ1v) is 11.5. The number of methoxy groups -OCH3 is 2. The molecule has 1 aromatic carbocycles. The fourth-order valence-corrected chi connectivity index (χ4v) is 3.72. The summed E-state index contributed by atoms with van der Waals surface area (Å²) in [7, 11) is 2.82. The number of carbonyl (C=O) groups is 1. The second-order valence-electron chi connectivity index (χ2n) is 8.52. The second-order valence-corrected chi connectivity index (χ2v) is 8.52. The number of hydrogen-bond donors (Lipinski definition) is 2.